The zero-order chi connectivity index (χ0) is 38.3. The number of likely N-dealkylation sites (tertiary alicyclic amines) is 1. The van der Waals surface area contributed by atoms with Crippen molar-refractivity contribution in [1.29, 1.82) is 0 Å². The second-order valence-electron chi connectivity index (χ2n) is 18.3. The number of amides is 6. The van der Waals surface area contributed by atoms with Crippen molar-refractivity contribution in [3.8, 4) is 0 Å². The lowest BCUT2D eigenvalue weighted by Crippen LogP contribution is -2.62. The minimum absolute atomic E-state index is 0.0698. The number of alkyl carbamates (subject to hydrolysis) is 1. The molecule has 6 amide bonds. The molecule has 0 spiro atoms. The molecule has 1 aliphatic heterocycles. The summed E-state index contributed by atoms with van der Waals surface area (Å²) in [4.78, 5) is 81.8. The molecule has 4 aliphatic rings. The Morgan fingerprint density at radius 1 is 0.942 bits per heavy atom. The maximum absolute atomic E-state index is 14.9. The van der Waals surface area contributed by atoms with E-state index in [9.17, 15) is 28.8 Å². The van der Waals surface area contributed by atoms with Gasteiger partial charge in [0.05, 0.1) is 12.1 Å². The number of nitrogens with two attached hydrogens (primary N) is 1. The number of rotatable bonds is 12. The molecule has 3 aliphatic carbocycles. The number of urea groups is 1. The summed E-state index contributed by atoms with van der Waals surface area (Å²) in [5.74, 6) is -2.94. The van der Waals surface area contributed by atoms with E-state index in [1.54, 1.807) is 4.90 Å². The van der Waals surface area contributed by atoms with Crippen LogP contribution in [0.3, 0.4) is 0 Å². The predicted molar refractivity (Wildman–Crippen MR) is 195 cm³/mol. The summed E-state index contributed by atoms with van der Waals surface area (Å²) in [6.07, 6.45) is 3.49. The first-order chi connectivity index (χ1) is 24.1. The third-order valence-electron chi connectivity index (χ3n) is 11.3. The summed E-state index contributed by atoms with van der Waals surface area (Å²) in [6.45, 7) is 15.7. The molecule has 13 heteroatoms. The fourth-order valence-electron chi connectivity index (χ4n) is 8.46. The highest BCUT2D eigenvalue weighted by molar-refractivity contribution is 6.37. The minimum Gasteiger partial charge on any atom is -0.447 e. The van der Waals surface area contributed by atoms with Gasteiger partial charge in [-0.15, -0.1) is 0 Å². The molecule has 5 rings (SSSR count). The van der Waals surface area contributed by atoms with Gasteiger partial charge in [0.1, 0.15) is 18.7 Å². The summed E-state index contributed by atoms with van der Waals surface area (Å²) in [7, 11) is 0. The maximum Gasteiger partial charge on any atom is 0.407 e. The fourth-order valence-corrected chi connectivity index (χ4v) is 8.46. The number of carbonyl (C=O) groups excluding carboxylic acids is 6. The molecular weight excluding hydrogens is 664 g/mol. The minimum atomic E-state index is -1.10. The van der Waals surface area contributed by atoms with Crippen LogP contribution in [-0.4, -0.2) is 83.4 Å². The van der Waals surface area contributed by atoms with Crippen molar-refractivity contribution in [2.24, 2.45) is 40.2 Å². The topological polar surface area (TPSA) is 189 Å². The molecule has 6 N–H and O–H groups in total. The van der Waals surface area contributed by atoms with Gasteiger partial charge in [0.15, 0.2) is 0 Å². The molecule has 13 nitrogen and oxygen atoms in total. The van der Waals surface area contributed by atoms with Crippen LogP contribution in [0.5, 0.6) is 0 Å². The first-order valence-corrected chi connectivity index (χ1v) is 18.7. The molecule has 0 aromatic heterocycles. The quantitative estimate of drug-likeness (QED) is 0.205. The van der Waals surface area contributed by atoms with Gasteiger partial charge in [-0.25, -0.2) is 9.59 Å². The van der Waals surface area contributed by atoms with Crippen LogP contribution in [0.15, 0.2) is 24.3 Å². The van der Waals surface area contributed by atoms with Crippen molar-refractivity contribution < 1.29 is 33.5 Å². The van der Waals surface area contributed by atoms with Crippen LogP contribution in [0, 0.1) is 34.5 Å². The highest BCUT2D eigenvalue weighted by atomic mass is 16.5. The molecule has 1 aromatic carbocycles. The summed E-state index contributed by atoms with van der Waals surface area (Å²) in [5.41, 5.74) is 6.32. The van der Waals surface area contributed by atoms with Crippen molar-refractivity contribution in [3.63, 3.8) is 0 Å². The second kappa shape index (κ2) is 14.7. The number of Topliss-reactive ketones (excluding diaryl/α,β-unsaturated/α-hetero) is 1. The number of ketones is 1. The summed E-state index contributed by atoms with van der Waals surface area (Å²) < 4.78 is 5.50. The van der Waals surface area contributed by atoms with E-state index in [2.05, 4.69) is 35.1 Å². The lowest BCUT2D eigenvalue weighted by atomic mass is 9.55. The Labute approximate surface area is 307 Å². The van der Waals surface area contributed by atoms with E-state index < -0.39 is 64.8 Å². The second-order valence-corrected chi connectivity index (χ2v) is 18.3. The highest BCUT2D eigenvalue weighted by Gasteiger charge is 2.61. The van der Waals surface area contributed by atoms with E-state index >= 15 is 0 Å². The normalized spacial score (nSPS) is 23.9. The third-order valence-corrected chi connectivity index (χ3v) is 11.3. The van der Waals surface area contributed by atoms with Crippen LogP contribution >= 0.6 is 0 Å². The van der Waals surface area contributed by atoms with E-state index in [-0.39, 0.29) is 41.6 Å². The van der Waals surface area contributed by atoms with Crippen LogP contribution in [-0.2, 0) is 36.8 Å². The number of hydrogen-bond donors (Lipinski definition) is 5. The Bertz CT molecular complexity index is 1550. The molecule has 1 heterocycles. The Kier molecular flexibility index (Phi) is 11.0. The number of primary amides is 1. The molecule has 2 unspecified atom stereocenters. The van der Waals surface area contributed by atoms with Crippen molar-refractivity contribution in [3.05, 3.63) is 35.4 Å². The number of fused-ring (bicyclic) bond motifs is 2. The Hall–Kier alpha value is -4.16. The number of nitrogens with zero attached hydrogens (tertiary/aromatic N) is 1. The van der Waals surface area contributed by atoms with E-state index in [1.165, 1.54) is 0 Å². The van der Waals surface area contributed by atoms with E-state index in [0.717, 1.165) is 30.4 Å². The molecule has 0 bridgehead atoms. The maximum atomic E-state index is 14.9. The van der Waals surface area contributed by atoms with Gasteiger partial charge >= 0.3 is 12.1 Å². The fraction of sp³-hybridized carbons (Fsp3) is 0.692. The first kappa shape index (κ1) is 39.1. The van der Waals surface area contributed by atoms with Gasteiger partial charge in [-0.3, -0.25) is 19.2 Å². The van der Waals surface area contributed by atoms with Crippen LogP contribution < -0.4 is 27.0 Å². The molecule has 1 saturated heterocycles. The van der Waals surface area contributed by atoms with E-state index in [1.807, 2.05) is 65.8 Å². The van der Waals surface area contributed by atoms with Crippen LogP contribution in [0.1, 0.15) is 92.2 Å². The van der Waals surface area contributed by atoms with Crippen LogP contribution in [0.2, 0.25) is 0 Å². The molecule has 286 valence electrons. The van der Waals surface area contributed by atoms with Gasteiger partial charge < -0.3 is 36.6 Å². The average molecular weight is 723 g/mol. The van der Waals surface area contributed by atoms with Gasteiger partial charge in [-0.2, -0.15) is 0 Å². The zero-order valence-corrected chi connectivity index (χ0v) is 32.0. The lowest BCUT2D eigenvalue weighted by Gasteiger charge is -2.49. The molecule has 52 heavy (non-hydrogen) atoms. The average Bonchev–Trinajstić information content (AvgIpc) is 3.63. The van der Waals surface area contributed by atoms with Crippen molar-refractivity contribution >= 4 is 35.6 Å². The molecule has 3 fully saturated rings. The van der Waals surface area contributed by atoms with Crippen LogP contribution in [0.4, 0.5) is 9.59 Å². The SMILES string of the molecule is CC(C)(C)NC(=O)OC[C@@H](NC(=O)N[C@H](C(=O)N1CC2CC(C)(C)[C@@H]2[C@H]1C(=O)NC(CC1CC1)C(=O)C(N)=O)C1Cc2ccccc2C1)C(C)(C)C. The predicted octanol–water partition coefficient (Wildman–Crippen LogP) is 3.22. The molecule has 0 radical (unpaired) electrons. The molecule has 1 aromatic rings. The monoisotopic (exact) mass is 722 g/mol. The zero-order valence-electron chi connectivity index (χ0n) is 32.0. The smallest absolute Gasteiger partial charge is 0.407 e. The Balaban J connectivity index is 1.39. The van der Waals surface area contributed by atoms with E-state index in [4.69, 9.17) is 10.5 Å². The first-order valence-electron chi connectivity index (χ1n) is 18.7. The van der Waals surface area contributed by atoms with Gasteiger partial charge in [0.2, 0.25) is 17.6 Å². The van der Waals surface area contributed by atoms with Crippen molar-refractivity contribution in [1.82, 2.24) is 26.2 Å². The van der Waals surface area contributed by atoms with Crippen molar-refractivity contribution in [2.75, 3.05) is 13.2 Å². The lowest BCUT2D eigenvalue weighted by molar-refractivity contribution is -0.145. The van der Waals surface area contributed by atoms with Crippen LogP contribution in [0.25, 0.3) is 0 Å². The Morgan fingerprint density at radius 2 is 1.56 bits per heavy atom. The molecule has 6 atom stereocenters. The number of carbonyl (C=O) groups is 6. The van der Waals surface area contributed by atoms with Gasteiger partial charge in [-0.05, 0) is 92.1 Å². The van der Waals surface area contributed by atoms with Gasteiger partial charge in [0.25, 0.3) is 5.91 Å². The highest BCUT2D eigenvalue weighted by Crippen LogP contribution is 2.57. The van der Waals surface area contributed by atoms with Gasteiger partial charge in [-0.1, -0.05) is 71.7 Å². The largest absolute Gasteiger partial charge is 0.447 e. The summed E-state index contributed by atoms with van der Waals surface area (Å²) in [5, 5.41) is 11.5. The summed E-state index contributed by atoms with van der Waals surface area (Å²) >= 11 is 0. The molecular formula is C39H58N6O7. The standard InChI is InChI=1S/C39H58N6O7/c1-37(2,3)27(20-52-36(51)44-38(4,5)6)42-35(50)43-29(24-16-22-11-9-10-12-23(22)17-24)34(49)45-19-25-18-39(7,8)28(25)30(45)33(48)41-26(15-21-13-14-21)31(46)32(40)47/h9-12,21,24-30H,13-20H2,1-8H3,(H2,40,47)(H,41,48)(H,44,51)(H2,42,43,50)/t25?,26?,27-,28+,29+,30+/m1/s1. The number of nitrogens with one attached hydrogen (secondary N) is 4. The Morgan fingerprint density at radius 3 is 2.08 bits per heavy atom. The number of benzene rings is 1. The van der Waals surface area contributed by atoms with E-state index in [0.29, 0.717) is 25.8 Å². The summed E-state index contributed by atoms with van der Waals surface area (Å²) in [6, 6.07) is 3.84. The van der Waals surface area contributed by atoms with Crippen molar-refractivity contribution in [2.45, 2.75) is 124 Å². The number of hydrogen-bond acceptors (Lipinski definition) is 7. The number of ether oxygens (including phenoxy) is 1. The molecule has 2 saturated carbocycles. The third kappa shape index (κ3) is 9.06. The van der Waals surface area contributed by atoms with Gasteiger partial charge in [0, 0.05) is 12.1 Å².